The molecular formula is C13H23N5. The Morgan fingerprint density at radius 2 is 2.28 bits per heavy atom. The lowest BCUT2D eigenvalue weighted by molar-refractivity contribution is 0.399. The van der Waals surface area contributed by atoms with E-state index in [1.54, 1.807) is 6.33 Å². The van der Waals surface area contributed by atoms with Crippen molar-refractivity contribution in [1.29, 1.82) is 0 Å². The molecule has 100 valence electrons. The molecule has 3 N–H and O–H groups in total. The zero-order valence-electron chi connectivity index (χ0n) is 11.3. The van der Waals surface area contributed by atoms with Gasteiger partial charge in [0.15, 0.2) is 0 Å². The van der Waals surface area contributed by atoms with Crippen molar-refractivity contribution in [3.63, 3.8) is 0 Å². The minimum atomic E-state index is 0.340. The molecule has 0 aliphatic heterocycles. The fourth-order valence-electron chi connectivity index (χ4n) is 2.15. The first kappa shape index (κ1) is 13.1. The van der Waals surface area contributed by atoms with Gasteiger partial charge in [-0.05, 0) is 39.2 Å². The molecule has 1 fully saturated rings. The summed E-state index contributed by atoms with van der Waals surface area (Å²) < 4.78 is 0. The monoisotopic (exact) mass is 249 g/mol. The first-order chi connectivity index (χ1) is 8.70. The molecule has 1 atom stereocenters. The van der Waals surface area contributed by atoms with Crippen LogP contribution >= 0.6 is 0 Å². The first-order valence-electron chi connectivity index (χ1n) is 6.72. The van der Waals surface area contributed by atoms with Crippen LogP contribution in [0.1, 0.15) is 32.6 Å². The zero-order chi connectivity index (χ0) is 13.0. The van der Waals surface area contributed by atoms with E-state index in [1.807, 2.05) is 6.07 Å². The van der Waals surface area contributed by atoms with E-state index in [0.717, 1.165) is 18.1 Å². The predicted octanol–water partition coefficient (Wildman–Crippen LogP) is 1.61. The Morgan fingerprint density at radius 1 is 1.50 bits per heavy atom. The second-order valence-corrected chi connectivity index (χ2v) is 5.08. The van der Waals surface area contributed by atoms with Gasteiger partial charge in [0.2, 0.25) is 0 Å². The molecule has 5 heteroatoms. The maximum Gasteiger partial charge on any atom is 0.134 e. The highest BCUT2D eigenvalue weighted by atomic mass is 15.2. The van der Waals surface area contributed by atoms with E-state index >= 15 is 0 Å². The highest BCUT2D eigenvalue weighted by Gasteiger charge is 2.23. The molecule has 0 amide bonds. The van der Waals surface area contributed by atoms with Gasteiger partial charge in [0.1, 0.15) is 18.0 Å². The van der Waals surface area contributed by atoms with Gasteiger partial charge >= 0.3 is 0 Å². The minimum Gasteiger partial charge on any atom is -0.367 e. The lowest BCUT2D eigenvalue weighted by Gasteiger charge is -2.35. The van der Waals surface area contributed by atoms with Crippen LogP contribution in [0.5, 0.6) is 0 Å². The van der Waals surface area contributed by atoms with Crippen molar-refractivity contribution >= 4 is 11.6 Å². The molecule has 1 unspecified atom stereocenters. The average Bonchev–Trinajstić information content (AvgIpc) is 2.27. The van der Waals surface area contributed by atoms with Gasteiger partial charge in [0.25, 0.3) is 0 Å². The van der Waals surface area contributed by atoms with E-state index in [4.69, 9.17) is 5.73 Å². The molecule has 1 heterocycles. The van der Waals surface area contributed by atoms with Crippen molar-refractivity contribution in [3.05, 3.63) is 12.4 Å². The second kappa shape index (κ2) is 6.00. The van der Waals surface area contributed by atoms with Gasteiger partial charge in [0.05, 0.1) is 0 Å². The Labute approximate surface area is 109 Å². The molecule has 1 aliphatic carbocycles. The Morgan fingerprint density at radius 3 is 2.89 bits per heavy atom. The fraction of sp³-hybridized carbons (Fsp3) is 0.692. The van der Waals surface area contributed by atoms with Crippen molar-refractivity contribution in [2.75, 3.05) is 23.8 Å². The minimum absolute atomic E-state index is 0.340. The van der Waals surface area contributed by atoms with Crippen LogP contribution in [0.3, 0.4) is 0 Å². The SMILES string of the molecule is CC(CCN)Nc1cc(N(C)C2CCC2)ncn1. The van der Waals surface area contributed by atoms with Crippen LogP contribution in [0, 0.1) is 0 Å². The van der Waals surface area contributed by atoms with Crippen LogP contribution in [-0.2, 0) is 0 Å². The molecule has 0 radical (unpaired) electrons. The zero-order valence-corrected chi connectivity index (χ0v) is 11.3. The van der Waals surface area contributed by atoms with Gasteiger partial charge in [-0.2, -0.15) is 0 Å². The highest BCUT2D eigenvalue weighted by molar-refractivity contribution is 5.49. The molecule has 18 heavy (non-hydrogen) atoms. The summed E-state index contributed by atoms with van der Waals surface area (Å²) in [6, 6.07) is 3.01. The van der Waals surface area contributed by atoms with E-state index in [2.05, 4.69) is 34.2 Å². The number of nitrogens with two attached hydrogens (primary N) is 1. The summed E-state index contributed by atoms with van der Waals surface area (Å²) in [5, 5.41) is 3.36. The number of rotatable bonds is 6. The molecule has 2 rings (SSSR count). The largest absolute Gasteiger partial charge is 0.367 e. The van der Waals surface area contributed by atoms with Crippen LogP contribution in [0.2, 0.25) is 0 Å². The predicted molar refractivity (Wildman–Crippen MR) is 74.8 cm³/mol. The van der Waals surface area contributed by atoms with E-state index < -0.39 is 0 Å². The summed E-state index contributed by atoms with van der Waals surface area (Å²) in [5.41, 5.74) is 5.55. The van der Waals surface area contributed by atoms with Gasteiger partial charge in [0, 0.05) is 25.2 Å². The maximum atomic E-state index is 5.55. The number of anilines is 2. The standard InChI is InChI=1S/C13H23N5/c1-10(6-7-14)17-12-8-13(16-9-15-12)18(2)11-4-3-5-11/h8-11H,3-7,14H2,1-2H3,(H,15,16,17). The molecule has 1 aliphatic rings. The van der Waals surface area contributed by atoms with Gasteiger partial charge in [-0.3, -0.25) is 0 Å². The average molecular weight is 249 g/mol. The van der Waals surface area contributed by atoms with Crippen LogP contribution in [-0.4, -0.2) is 35.6 Å². The Kier molecular flexibility index (Phi) is 4.36. The molecule has 0 aromatic carbocycles. The summed E-state index contributed by atoms with van der Waals surface area (Å²) >= 11 is 0. The van der Waals surface area contributed by atoms with E-state index in [1.165, 1.54) is 19.3 Å². The number of hydrogen-bond donors (Lipinski definition) is 2. The highest BCUT2D eigenvalue weighted by Crippen LogP contribution is 2.27. The number of nitrogens with zero attached hydrogens (tertiary/aromatic N) is 3. The number of nitrogens with one attached hydrogen (secondary N) is 1. The third-order valence-electron chi connectivity index (χ3n) is 3.63. The van der Waals surface area contributed by atoms with Gasteiger partial charge in [-0.15, -0.1) is 0 Å². The van der Waals surface area contributed by atoms with Crippen LogP contribution in [0.4, 0.5) is 11.6 Å². The van der Waals surface area contributed by atoms with Crippen molar-refractivity contribution < 1.29 is 0 Å². The van der Waals surface area contributed by atoms with Crippen LogP contribution in [0.15, 0.2) is 12.4 Å². The molecule has 5 nitrogen and oxygen atoms in total. The first-order valence-corrected chi connectivity index (χ1v) is 6.72. The lowest BCUT2D eigenvalue weighted by atomic mass is 9.92. The lowest BCUT2D eigenvalue weighted by Crippen LogP contribution is -2.37. The summed E-state index contributed by atoms with van der Waals surface area (Å²) in [6.45, 7) is 2.80. The quantitative estimate of drug-likeness (QED) is 0.802. The molecule has 1 saturated carbocycles. The van der Waals surface area contributed by atoms with Crippen LogP contribution < -0.4 is 16.0 Å². The van der Waals surface area contributed by atoms with Crippen molar-refractivity contribution in [2.45, 2.75) is 44.7 Å². The number of hydrogen-bond acceptors (Lipinski definition) is 5. The van der Waals surface area contributed by atoms with Gasteiger partial charge in [-0.1, -0.05) is 0 Å². The third-order valence-corrected chi connectivity index (χ3v) is 3.63. The third kappa shape index (κ3) is 3.10. The second-order valence-electron chi connectivity index (χ2n) is 5.08. The Hall–Kier alpha value is -1.36. The molecule has 0 bridgehead atoms. The van der Waals surface area contributed by atoms with Gasteiger partial charge < -0.3 is 16.0 Å². The topological polar surface area (TPSA) is 67.1 Å². The van der Waals surface area contributed by atoms with E-state index in [0.29, 0.717) is 18.6 Å². The maximum absolute atomic E-state index is 5.55. The Bertz CT molecular complexity index is 377. The van der Waals surface area contributed by atoms with Crippen LogP contribution in [0.25, 0.3) is 0 Å². The normalized spacial score (nSPS) is 17.1. The number of aromatic nitrogens is 2. The molecule has 1 aromatic heterocycles. The molecule has 1 aromatic rings. The summed E-state index contributed by atoms with van der Waals surface area (Å²) in [5.74, 6) is 1.88. The summed E-state index contributed by atoms with van der Waals surface area (Å²) in [4.78, 5) is 10.9. The summed E-state index contributed by atoms with van der Waals surface area (Å²) in [6.07, 6.45) is 6.44. The van der Waals surface area contributed by atoms with Crippen molar-refractivity contribution in [1.82, 2.24) is 9.97 Å². The van der Waals surface area contributed by atoms with E-state index in [9.17, 15) is 0 Å². The van der Waals surface area contributed by atoms with Crippen molar-refractivity contribution in [3.8, 4) is 0 Å². The Balaban J connectivity index is 2.00. The molecule has 0 spiro atoms. The van der Waals surface area contributed by atoms with E-state index in [-0.39, 0.29) is 0 Å². The smallest absolute Gasteiger partial charge is 0.134 e. The fourth-order valence-corrected chi connectivity index (χ4v) is 2.15. The summed E-state index contributed by atoms with van der Waals surface area (Å²) in [7, 11) is 2.11. The van der Waals surface area contributed by atoms with Crippen molar-refractivity contribution in [2.24, 2.45) is 5.73 Å². The van der Waals surface area contributed by atoms with Gasteiger partial charge in [-0.25, -0.2) is 9.97 Å². The molecular weight excluding hydrogens is 226 g/mol. The molecule has 0 saturated heterocycles.